The lowest BCUT2D eigenvalue weighted by Crippen LogP contribution is -2.26. The number of hydrogen-bond donors (Lipinski definition) is 0. The van der Waals surface area contributed by atoms with Gasteiger partial charge in [-0.2, -0.15) is 4.98 Å². The van der Waals surface area contributed by atoms with Crippen LogP contribution in [0.2, 0.25) is 0 Å². The second-order valence-electron chi connectivity index (χ2n) is 7.72. The Hall–Kier alpha value is -4.33. The monoisotopic (exact) mass is 459 g/mol. The summed E-state index contributed by atoms with van der Waals surface area (Å²) in [5.41, 5.74) is 2.96. The lowest BCUT2D eigenvalue weighted by atomic mass is 10.1. The fourth-order valence-electron chi connectivity index (χ4n) is 3.21. The highest BCUT2D eigenvalue weighted by Crippen LogP contribution is 2.21. The first-order valence-corrected chi connectivity index (χ1v) is 10.6. The van der Waals surface area contributed by atoms with Crippen LogP contribution in [0.25, 0.3) is 11.4 Å². The van der Waals surface area contributed by atoms with Gasteiger partial charge in [-0.1, -0.05) is 22.9 Å². The number of rotatable bonds is 7. The molecule has 0 spiro atoms. The van der Waals surface area contributed by atoms with E-state index in [-0.39, 0.29) is 30.5 Å². The van der Waals surface area contributed by atoms with Crippen LogP contribution in [-0.2, 0) is 11.2 Å². The summed E-state index contributed by atoms with van der Waals surface area (Å²) in [5.74, 6) is 0.0176. The molecular weight excluding hydrogens is 437 g/mol. The van der Waals surface area contributed by atoms with Crippen LogP contribution in [0.1, 0.15) is 28.2 Å². The van der Waals surface area contributed by atoms with Crippen LogP contribution < -0.4 is 9.64 Å². The van der Waals surface area contributed by atoms with E-state index in [4.69, 9.17) is 9.26 Å². The number of hydrogen-bond acceptors (Lipinski definition) is 6. The number of halogens is 1. The zero-order valence-electron chi connectivity index (χ0n) is 18.7. The van der Waals surface area contributed by atoms with Crippen molar-refractivity contribution in [3.8, 4) is 17.1 Å². The van der Waals surface area contributed by atoms with Gasteiger partial charge in [0.25, 0.3) is 5.91 Å². The molecule has 1 aromatic heterocycles. The van der Waals surface area contributed by atoms with Gasteiger partial charge in [-0.25, -0.2) is 4.39 Å². The summed E-state index contributed by atoms with van der Waals surface area (Å²) in [7, 11) is 1.69. The van der Waals surface area contributed by atoms with E-state index in [2.05, 4.69) is 10.1 Å². The van der Waals surface area contributed by atoms with Crippen molar-refractivity contribution in [3.05, 3.63) is 95.6 Å². The molecule has 0 aliphatic heterocycles. The summed E-state index contributed by atoms with van der Waals surface area (Å²) in [6.45, 7) is 1.96. The maximum atomic E-state index is 13.0. The maximum Gasteiger partial charge on any atom is 0.311 e. The minimum Gasteiger partial charge on any atom is -0.427 e. The fraction of sp³-hybridized carbons (Fsp3) is 0.154. The summed E-state index contributed by atoms with van der Waals surface area (Å²) in [6, 6.07) is 19.8. The van der Waals surface area contributed by atoms with Gasteiger partial charge in [-0.05, 0) is 67.6 Å². The summed E-state index contributed by atoms with van der Waals surface area (Å²) in [5, 5.41) is 3.85. The van der Waals surface area contributed by atoms with Crippen LogP contribution in [0.4, 0.5) is 10.1 Å². The smallest absolute Gasteiger partial charge is 0.311 e. The van der Waals surface area contributed by atoms with Crippen molar-refractivity contribution in [1.82, 2.24) is 10.1 Å². The third-order valence-electron chi connectivity index (χ3n) is 5.17. The molecule has 34 heavy (non-hydrogen) atoms. The molecule has 0 atom stereocenters. The summed E-state index contributed by atoms with van der Waals surface area (Å²) < 4.78 is 23.6. The van der Waals surface area contributed by atoms with Gasteiger partial charge >= 0.3 is 5.97 Å². The molecule has 0 fully saturated rings. The highest BCUT2D eigenvalue weighted by atomic mass is 19.1. The number of esters is 1. The molecule has 0 saturated carbocycles. The summed E-state index contributed by atoms with van der Waals surface area (Å²) in [6.07, 6.45) is 0.248. The van der Waals surface area contributed by atoms with E-state index in [0.717, 1.165) is 5.56 Å². The number of nitrogens with zero attached hydrogens (tertiary/aromatic N) is 3. The first kappa shape index (κ1) is 22.8. The van der Waals surface area contributed by atoms with Crippen LogP contribution in [0, 0.1) is 12.7 Å². The van der Waals surface area contributed by atoms with E-state index in [1.807, 2.05) is 19.1 Å². The average Bonchev–Trinajstić information content (AvgIpc) is 3.32. The molecule has 0 radical (unpaired) electrons. The van der Waals surface area contributed by atoms with Gasteiger partial charge in [0.15, 0.2) is 0 Å². The molecule has 0 unspecified atom stereocenters. The fourth-order valence-corrected chi connectivity index (χ4v) is 3.21. The molecule has 0 saturated heterocycles. The molecule has 1 heterocycles. The predicted molar refractivity (Wildman–Crippen MR) is 124 cm³/mol. The summed E-state index contributed by atoms with van der Waals surface area (Å²) in [4.78, 5) is 30.6. The van der Waals surface area contributed by atoms with Crippen LogP contribution in [0.15, 0.2) is 77.3 Å². The Morgan fingerprint density at radius 2 is 1.65 bits per heavy atom. The van der Waals surface area contributed by atoms with Gasteiger partial charge in [-0.15, -0.1) is 0 Å². The Bertz CT molecular complexity index is 1280. The molecule has 0 N–H and O–H groups in total. The van der Waals surface area contributed by atoms with Crippen molar-refractivity contribution < 1.29 is 23.2 Å². The molecule has 0 aliphatic rings. The minimum absolute atomic E-state index is 0.0403. The third-order valence-corrected chi connectivity index (χ3v) is 5.17. The minimum atomic E-state index is -0.460. The number of carbonyl (C=O) groups is 2. The van der Waals surface area contributed by atoms with E-state index >= 15 is 0 Å². The van der Waals surface area contributed by atoms with Gasteiger partial charge < -0.3 is 14.2 Å². The van der Waals surface area contributed by atoms with Crippen LogP contribution in [-0.4, -0.2) is 29.1 Å². The Morgan fingerprint density at radius 1 is 0.971 bits per heavy atom. The topological polar surface area (TPSA) is 85.5 Å². The number of amides is 1. The van der Waals surface area contributed by atoms with Crippen LogP contribution in [0.3, 0.4) is 0 Å². The van der Waals surface area contributed by atoms with Crippen molar-refractivity contribution in [2.45, 2.75) is 19.8 Å². The number of aromatic nitrogens is 2. The number of carbonyl (C=O) groups excluding carboxylic acids is 2. The number of ether oxygens (including phenoxy) is 1. The molecule has 8 heteroatoms. The lowest BCUT2D eigenvalue weighted by molar-refractivity contribution is -0.134. The zero-order valence-corrected chi connectivity index (χ0v) is 18.7. The predicted octanol–water partition coefficient (Wildman–Crippen LogP) is 5.00. The first-order valence-electron chi connectivity index (χ1n) is 10.6. The molecule has 3 aromatic carbocycles. The Balaban J connectivity index is 1.30. The maximum absolute atomic E-state index is 13.0. The Labute approximate surface area is 195 Å². The van der Waals surface area contributed by atoms with Crippen molar-refractivity contribution in [3.63, 3.8) is 0 Å². The van der Waals surface area contributed by atoms with Gasteiger partial charge in [-0.3, -0.25) is 9.59 Å². The highest BCUT2D eigenvalue weighted by Gasteiger charge is 2.15. The zero-order chi connectivity index (χ0) is 24.1. The van der Waals surface area contributed by atoms with E-state index in [0.29, 0.717) is 28.4 Å². The quantitative estimate of drug-likeness (QED) is 0.286. The highest BCUT2D eigenvalue weighted by molar-refractivity contribution is 6.05. The van der Waals surface area contributed by atoms with E-state index in [9.17, 15) is 14.0 Å². The Kier molecular flexibility index (Phi) is 6.77. The van der Waals surface area contributed by atoms with Gasteiger partial charge in [0, 0.05) is 30.3 Å². The van der Waals surface area contributed by atoms with Gasteiger partial charge in [0.05, 0.1) is 6.42 Å². The van der Waals surface area contributed by atoms with E-state index in [1.54, 1.807) is 55.6 Å². The van der Waals surface area contributed by atoms with E-state index in [1.165, 1.54) is 17.0 Å². The number of benzene rings is 3. The molecule has 4 rings (SSSR count). The molecular formula is C26H22FN3O4. The molecule has 0 bridgehead atoms. The summed E-state index contributed by atoms with van der Waals surface area (Å²) >= 11 is 0. The first-order chi connectivity index (χ1) is 16.4. The molecule has 7 nitrogen and oxygen atoms in total. The SMILES string of the molecule is Cc1ccc(C(=O)N(C)c2ccc(OC(=O)CCc3nc(-c4ccc(F)cc4)no3)cc2)cc1. The van der Waals surface area contributed by atoms with Gasteiger partial charge in [0.1, 0.15) is 11.6 Å². The van der Waals surface area contributed by atoms with Gasteiger partial charge in [0.2, 0.25) is 11.7 Å². The molecule has 1 amide bonds. The second kappa shape index (κ2) is 10.1. The van der Waals surface area contributed by atoms with Crippen molar-refractivity contribution in [2.24, 2.45) is 0 Å². The normalized spacial score (nSPS) is 10.7. The lowest BCUT2D eigenvalue weighted by Gasteiger charge is -2.18. The molecule has 172 valence electrons. The Morgan fingerprint density at radius 3 is 2.32 bits per heavy atom. The molecule has 0 aliphatic carbocycles. The number of aryl methyl sites for hydroxylation is 2. The standard InChI is InChI=1S/C26H22FN3O4/c1-17-3-5-19(6-4-17)26(32)30(2)21-11-13-22(14-12-21)33-24(31)16-15-23-28-25(29-34-23)18-7-9-20(27)10-8-18/h3-14H,15-16H2,1-2H3. The third kappa shape index (κ3) is 5.53. The second-order valence-corrected chi connectivity index (χ2v) is 7.72. The van der Waals surface area contributed by atoms with Crippen LogP contribution in [0.5, 0.6) is 5.75 Å². The molecule has 4 aromatic rings. The van der Waals surface area contributed by atoms with Crippen molar-refractivity contribution in [1.29, 1.82) is 0 Å². The van der Waals surface area contributed by atoms with E-state index < -0.39 is 5.97 Å². The number of anilines is 1. The average molecular weight is 459 g/mol. The van der Waals surface area contributed by atoms with Crippen molar-refractivity contribution >= 4 is 17.6 Å². The van der Waals surface area contributed by atoms with Crippen molar-refractivity contribution in [2.75, 3.05) is 11.9 Å². The van der Waals surface area contributed by atoms with Crippen LogP contribution >= 0.6 is 0 Å². The largest absolute Gasteiger partial charge is 0.427 e.